The van der Waals surface area contributed by atoms with E-state index in [0.717, 1.165) is 6.42 Å². The Balaban J connectivity index is 2.92. The smallest absolute Gasteiger partial charge is 0.154 e. The van der Waals surface area contributed by atoms with Crippen molar-refractivity contribution in [1.82, 2.24) is 0 Å². The van der Waals surface area contributed by atoms with Crippen LogP contribution in [0, 0.1) is 0 Å². The van der Waals surface area contributed by atoms with Gasteiger partial charge in [0.25, 0.3) is 0 Å². The van der Waals surface area contributed by atoms with E-state index < -0.39 is 6.29 Å². The summed E-state index contributed by atoms with van der Waals surface area (Å²) in [5.74, 6) is 0. The zero-order valence-corrected chi connectivity index (χ0v) is 9.80. The van der Waals surface area contributed by atoms with Gasteiger partial charge >= 0.3 is 0 Å². The van der Waals surface area contributed by atoms with Crippen molar-refractivity contribution in [3.8, 4) is 0 Å². The lowest BCUT2D eigenvalue weighted by molar-refractivity contribution is -0.101. The van der Waals surface area contributed by atoms with Crippen LogP contribution in [-0.2, 0) is 4.74 Å². The fourth-order valence-electron chi connectivity index (χ4n) is 1.40. The molecule has 0 heterocycles. The molecule has 1 N–H and O–H groups in total. The first-order chi connectivity index (χ1) is 6.81. The maximum Gasteiger partial charge on any atom is 0.154 e. The van der Waals surface area contributed by atoms with Gasteiger partial charge in [-0.1, -0.05) is 52.4 Å². The molecule has 2 heteroatoms. The predicted octanol–water partition coefficient (Wildman–Crippen LogP) is 3.48. The van der Waals surface area contributed by atoms with E-state index in [2.05, 4.69) is 6.92 Å². The van der Waals surface area contributed by atoms with Crippen molar-refractivity contribution in [3.05, 3.63) is 0 Å². The summed E-state index contributed by atoms with van der Waals surface area (Å²) in [6, 6.07) is 0. The Morgan fingerprint density at radius 3 is 2.07 bits per heavy atom. The summed E-state index contributed by atoms with van der Waals surface area (Å²) < 4.78 is 5.17. The molecule has 0 rings (SSSR count). The van der Waals surface area contributed by atoms with Crippen LogP contribution >= 0.6 is 0 Å². The van der Waals surface area contributed by atoms with Crippen LogP contribution in [0.2, 0.25) is 0 Å². The predicted molar refractivity (Wildman–Crippen MR) is 60.2 cm³/mol. The molecule has 86 valence electrons. The van der Waals surface area contributed by atoms with Gasteiger partial charge in [0.2, 0.25) is 0 Å². The maximum absolute atomic E-state index is 9.11. The fourth-order valence-corrected chi connectivity index (χ4v) is 1.40. The average molecular weight is 202 g/mol. The van der Waals surface area contributed by atoms with Crippen LogP contribution in [0.4, 0.5) is 0 Å². The number of aliphatic hydroxyl groups is 1. The third kappa shape index (κ3) is 10.0. The highest BCUT2D eigenvalue weighted by atomic mass is 16.6. The number of aliphatic hydroxyl groups excluding tert-OH is 1. The number of hydrogen-bond acceptors (Lipinski definition) is 2. The maximum atomic E-state index is 9.11. The van der Waals surface area contributed by atoms with Crippen molar-refractivity contribution in [2.24, 2.45) is 0 Å². The van der Waals surface area contributed by atoms with Crippen molar-refractivity contribution >= 4 is 0 Å². The van der Waals surface area contributed by atoms with Gasteiger partial charge in [-0.05, 0) is 12.8 Å². The number of hydrogen-bond donors (Lipinski definition) is 1. The molecule has 0 radical (unpaired) electrons. The molecule has 0 saturated carbocycles. The summed E-state index contributed by atoms with van der Waals surface area (Å²) in [4.78, 5) is 0. The quantitative estimate of drug-likeness (QED) is 0.434. The Labute approximate surface area is 88.7 Å². The zero-order chi connectivity index (χ0) is 10.6. The van der Waals surface area contributed by atoms with Crippen LogP contribution in [0.15, 0.2) is 0 Å². The highest BCUT2D eigenvalue weighted by molar-refractivity contribution is 4.45. The zero-order valence-electron chi connectivity index (χ0n) is 9.80. The molecule has 0 aliphatic heterocycles. The Kier molecular flexibility index (Phi) is 10.9. The van der Waals surface area contributed by atoms with Crippen molar-refractivity contribution < 1.29 is 9.84 Å². The summed E-state index contributed by atoms with van der Waals surface area (Å²) in [7, 11) is 0. The number of rotatable bonds is 10. The lowest BCUT2D eigenvalue weighted by Crippen LogP contribution is -2.10. The van der Waals surface area contributed by atoms with E-state index in [0.29, 0.717) is 13.0 Å². The van der Waals surface area contributed by atoms with Crippen LogP contribution < -0.4 is 0 Å². The normalized spacial score (nSPS) is 13.1. The molecule has 0 aliphatic rings. The van der Waals surface area contributed by atoms with Crippen molar-refractivity contribution in [1.29, 1.82) is 0 Å². The Morgan fingerprint density at radius 1 is 0.929 bits per heavy atom. The molecule has 0 spiro atoms. The van der Waals surface area contributed by atoms with Gasteiger partial charge in [-0.2, -0.15) is 0 Å². The summed E-state index contributed by atoms with van der Waals surface area (Å²) in [5, 5.41) is 9.11. The third-order valence-corrected chi connectivity index (χ3v) is 2.41. The third-order valence-electron chi connectivity index (χ3n) is 2.41. The van der Waals surface area contributed by atoms with E-state index in [1.54, 1.807) is 0 Å². The summed E-state index contributed by atoms with van der Waals surface area (Å²) in [6.07, 6.45) is 9.18. The second kappa shape index (κ2) is 11.0. The van der Waals surface area contributed by atoms with Crippen LogP contribution in [0.25, 0.3) is 0 Å². The minimum Gasteiger partial charge on any atom is -0.368 e. The Morgan fingerprint density at radius 2 is 1.50 bits per heavy atom. The summed E-state index contributed by atoms with van der Waals surface area (Å²) >= 11 is 0. The highest BCUT2D eigenvalue weighted by Crippen LogP contribution is 2.07. The summed E-state index contributed by atoms with van der Waals surface area (Å²) in [5.41, 5.74) is 0. The first kappa shape index (κ1) is 13.9. The molecule has 1 atom stereocenters. The molecule has 0 fully saturated rings. The van der Waals surface area contributed by atoms with Gasteiger partial charge in [0, 0.05) is 6.61 Å². The van der Waals surface area contributed by atoms with E-state index in [9.17, 15) is 0 Å². The lowest BCUT2D eigenvalue weighted by Gasteiger charge is -2.08. The van der Waals surface area contributed by atoms with Crippen molar-refractivity contribution in [2.75, 3.05) is 6.61 Å². The topological polar surface area (TPSA) is 29.5 Å². The minimum absolute atomic E-state index is 0.546. The fraction of sp³-hybridized carbons (Fsp3) is 1.00. The SMILES string of the molecule is CCCCCCCCCOC(O)CC. The molecule has 0 saturated heterocycles. The second-order valence-corrected chi connectivity index (χ2v) is 3.86. The molecular formula is C12H26O2. The first-order valence-corrected chi connectivity index (χ1v) is 6.11. The minimum atomic E-state index is -0.546. The van der Waals surface area contributed by atoms with Crippen LogP contribution in [0.1, 0.15) is 65.2 Å². The molecule has 1 unspecified atom stereocenters. The molecule has 2 nitrogen and oxygen atoms in total. The summed E-state index contributed by atoms with van der Waals surface area (Å²) in [6.45, 7) is 4.87. The number of unbranched alkanes of at least 4 members (excludes halogenated alkanes) is 6. The molecule has 0 aromatic rings. The monoisotopic (exact) mass is 202 g/mol. The van der Waals surface area contributed by atoms with Gasteiger partial charge in [-0.25, -0.2) is 0 Å². The van der Waals surface area contributed by atoms with E-state index in [-0.39, 0.29) is 0 Å². The van der Waals surface area contributed by atoms with E-state index in [1.165, 1.54) is 38.5 Å². The van der Waals surface area contributed by atoms with Crippen LogP contribution in [-0.4, -0.2) is 18.0 Å². The van der Waals surface area contributed by atoms with Gasteiger partial charge in [0.05, 0.1) is 0 Å². The largest absolute Gasteiger partial charge is 0.368 e. The molecule has 0 aliphatic carbocycles. The standard InChI is InChI=1S/C12H26O2/c1-3-5-6-7-8-9-10-11-14-12(13)4-2/h12-13H,3-11H2,1-2H3. The molecule has 14 heavy (non-hydrogen) atoms. The van der Waals surface area contributed by atoms with E-state index >= 15 is 0 Å². The molecule has 0 aromatic carbocycles. The molecule has 0 aromatic heterocycles. The Bertz CT molecular complexity index is 104. The van der Waals surface area contributed by atoms with E-state index in [1.807, 2.05) is 6.92 Å². The van der Waals surface area contributed by atoms with Gasteiger partial charge in [-0.3, -0.25) is 0 Å². The van der Waals surface area contributed by atoms with Crippen LogP contribution in [0.5, 0.6) is 0 Å². The van der Waals surface area contributed by atoms with Crippen LogP contribution in [0.3, 0.4) is 0 Å². The average Bonchev–Trinajstić information content (AvgIpc) is 2.21. The number of ether oxygens (including phenoxy) is 1. The Hall–Kier alpha value is -0.0800. The molecular weight excluding hydrogens is 176 g/mol. The first-order valence-electron chi connectivity index (χ1n) is 6.11. The van der Waals surface area contributed by atoms with Gasteiger partial charge in [0.1, 0.15) is 0 Å². The van der Waals surface area contributed by atoms with Gasteiger partial charge in [0.15, 0.2) is 6.29 Å². The van der Waals surface area contributed by atoms with Gasteiger partial charge in [-0.15, -0.1) is 0 Å². The van der Waals surface area contributed by atoms with E-state index in [4.69, 9.17) is 9.84 Å². The second-order valence-electron chi connectivity index (χ2n) is 3.86. The van der Waals surface area contributed by atoms with Gasteiger partial charge < -0.3 is 9.84 Å². The molecule has 0 amide bonds. The highest BCUT2D eigenvalue weighted by Gasteiger charge is 1.98. The molecule has 0 bridgehead atoms. The lowest BCUT2D eigenvalue weighted by atomic mass is 10.1. The van der Waals surface area contributed by atoms with Crippen molar-refractivity contribution in [2.45, 2.75) is 71.5 Å². The van der Waals surface area contributed by atoms with Crippen molar-refractivity contribution in [3.63, 3.8) is 0 Å².